The van der Waals surface area contributed by atoms with Crippen molar-refractivity contribution in [3.05, 3.63) is 151 Å². The van der Waals surface area contributed by atoms with Gasteiger partial charge in [0, 0.05) is 15.4 Å². The van der Waals surface area contributed by atoms with Crippen molar-refractivity contribution < 1.29 is 0 Å². The summed E-state index contributed by atoms with van der Waals surface area (Å²) >= 11 is 3.55. The zero-order chi connectivity index (χ0) is 30.2. The summed E-state index contributed by atoms with van der Waals surface area (Å²) < 4.78 is 0. The fourth-order valence-electron chi connectivity index (χ4n) is 7.47. The number of hydrogen-bond donors (Lipinski definition) is 0. The molecule has 46 heavy (non-hydrogen) atoms. The van der Waals surface area contributed by atoms with Crippen molar-refractivity contribution >= 4 is 46.6 Å². The molecule has 0 unspecified atom stereocenters. The van der Waals surface area contributed by atoms with E-state index in [0.717, 1.165) is 27.9 Å². The van der Waals surface area contributed by atoms with E-state index in [-0.39, 0.29) is 6.71 Å². The van der Waals surface area contributed by atoms with Crippen LogP contribution in [0, 0.1) is 0 Å². The molecule has 10 rings (SSSR count). The maximum absolute atomic E-state index is 5.21. The highest BCUT2D eigenvalue weighted by atomic mass is 32.2. The largest absolute Gasteiger partial charge is 0.251 e. The average molecular weight is 621 g/mol. The van der Waals surface area contributed by atoms with Crippen molar-refractivity contribution in [2.45, 2.75) is 26.3 Å². The van der Waals surface area contributed by atoms with Crippen molar-refractivity contribution in [2.75, 3.05) is 0 Å². The molecule has 2 nitrogen and oxygen atoms in total. The van der Waals surface area contributed by atoms with Gasteiger partial charge in [-0.25, -0.2) is 9.97 Å². The molecule has 7 aromatic rings. The van der Waals surface area contributed by atoms with Gasteiger partial charge in [0.05, 0.1) is 0 Å². The molecule has 1 aliphatic carbocycles. The Morgan fingerprint density at radius 1 is 0.435 bits per heavy atom. The molecule has 1 aromatic heterocycles. The molecular weight excluding hydrogens is 595 g/mol. The third kappa shape index (κ3) is 4.02. The molecule has 0 fully saturated rings. The summed E-state index contributed by atoms with van der Waals surface area (Å²) in [4.78, 5) is 13.0. The van der Waals surface area contributed by atoms with Crippen LogP contribution in [0.3, 0.4) is 0 Å². The average Bonchev–Trinajstić information content (AvgIpc) is 3.51. The third-order valence-electron chi connectivity index (χ3n) is 9.57. The lowest BCUT2D eigenvalue weighted by Crippen LogP contribution is -2.58. The van der Waals surface area contributed by atoms with Gasteiger partial charge in [0.2, 0.25) is 0 Å². The second-order valence-electron chi connectivity index (χ2n) is 12.1. The van der Waals surface area contributed by atoms with Gasteiger partial charge in [-0.2, -0.15) is 0 Å². The summed E-state index contributed by atoms with van der Waals surface area (Å²) in [5, 5.41) is 2.14. The summed E-state index contributed by atoms with van der Waals surface area (Å²) in [6.07, 6.45) is 0.934. The Kier molecular flexibility index (Phi) is 5.94. The first kappa shape index (κ1) is 26.4. The van der Waals surface area contributed by atoms with E-state index < -0.39 is 0 Å². The first-order valence-corrected chi connectivity index (χ1v) is 17.3. The highest BCUT2D eigenvalue weighted by molar-refractivity contribution is 8.01. The first-order chi connectivity index (χ1) is 22.8. The Bertz CT molecular complexity index is 2280. The molecule has 0 atom stereocenters. The zero-order valence-electron chi connectivity index (χ0n) is 24.8. The summed E-state index contributed by atoms with van der Waals surface area (Å²) in [5.41, 5.74) is 15.6. The molecule has 0 N–H and O–H groups in total. The van der Waals surface area contributed by atoms with Gasteiger partial charge in [0.15, 0.2) is 5.82 Å². The Morgan fingerprint density at radius 3 is 1.50 bits per heavy atom. The Hall–Kier alpha value is -4.84. The second kappa shape index (κ2) is 10.3. The molecule has 0 saturated heterocycles. The maximum atomic E-state index is 5.21. The van der Waals surface area contributed by atoms with Crippen molar-refractivity contribution in [1.29, 1.82) is 0 Å². The summed E-state index contributed by atoms with van der Waals surface area (Å²) in [6.45, 7) is 0.169. The number of aromatic nitrogens is 2. The standard InChI is InChI=1S/C41H25BN2S2/c1-2-10-25(11-3-1)28-12-8-14-30-31-15-9-13-29(33(31)24-32(28)30)26-20-22-27(23-21-26)39-43-40-38-41(44-39)46-37-19-7-5-17-35(37)42(38)34-16-4-6-18-36(34)45-40/h1-23H,24H2. The zero-order valence-corrected chi connectivity index (χ0v) is 26.4. The number of nitrogens with zero attached hydrogens (tertiary/aromatic N) is 2. The van der Waals surface area contributed by atoms with Crippen LogP contribution in [0.15, 0.2) is 159 Å². The topological polar surface area (TPSA) is 25.8 Å². The minimum atomic E-state index is 0.169. The van der Waals surface area contributed by atoms with Crippen molar-refractivity contribution in [1.82, 2.24) is 9.97 Å². The number of rotatable bonds is 3. The molecule has 214 valence electrons. The van der Waals surface area contributed by atoms with Crippen LogP contribution < -0.4 is 16.4 Å². The van der Waals surface area contributed by atoms with Crippen molar-refractivity contribution in [2.24, 2.45) is 0 Å². The smallest absolute Gasteiger partial charge is 0.222 e. The second-order valence-corrected chi connectivity index (χ2v) is 14.1. The minimum Gasteiger partial charge on any atom is -0.222 e. The van der Waals surface area contributed by atoms with Gasteiger partial charge in [0.25, 0.3) is 6.71 Å². The van der Waals surface area contributed by atoms with Crippen molar-refractivity contribution in [3.8, 4) is 44.8 Å². The van der Waals surface area contributed by atoms with Gasteiger partial charge in [-0.15, -0.1) is 0 Å². The molecule has 0 amide bonds. The van der Waals surface area contributed by atoms with E-state index in [1.54, 1.807) is 23.5 Å². The number of benzene rings is 6. The lowest BCUT2D eigenvalue weighted by atomic mass is 9.37. The van der Waals surface area contributed by atoms with E-state index in [9.17, 15) is 0 Å². The lowest BCUT2D eigenvalue weighted by Gasteiger charge is -2.31. The van der Waals surface area contributed by atoms with Gasteiger partial charge >= 0.3 is 0 Å². The summed E-state index contributed by atoms with van der Waals surface area (Å²) in [6, 6.07) is 50.6. The molecule has 2 aliphatic heterocycles. The monoisotopic (exact) mass is 620 g/mol. The van der Waals surface area contributed by atoms with Gasteiger partial charge in [0.1, 0.15) is 10.1 Å². The molecule has 0 radical (unpaired) electrons. The highest BCUT2D eigenvalue weighted by Gasteiger charge is 2.39. The Morgan fingerprint density at radius 2 is 0.913 bits per heavy atom. The van der Waals surface area contributed by atoms with Crippen LogP contribution in [0.1, 0.15) is 11.1 Å². The van der Waals surface area contributed by atoms with E-state index in [4.69, 9.17) is 9.97 Å². The number of fused-ring (bicyclic) bond motifs is 7. The molecule has 0 bridgehead atoms. The third-order valence-corrected chi connectivity index (χ3v) is 11.8. The SMILES string of the molecule is c1ccc(-c2cccc3c2Cc2c(-c4ccc(-c5nc6c7c(n5)Sc5ccccc5B7c5ccccc5S6)cc4)cccc2-3)cc1. The normalized spacial score (nSPS) is 13.3. The molecule has 3 aliphatic rings. The van der Waals surface area contributed by atoms with Crippen LogP contribution in [-0.4, -0.2) is 16.7 Å². The summed E-state index contributed by atoms with van der Waals surface area (Å²) in [7, 11) is 0. The van der Waals surface area contributed by atoms with Crippen LogP contribution in [0.2, 0.25) is 0 Å². The van der Waals surface area contributed by atoms with Crippen LogP contribution in [0.5, 0.6) is 0 Å². The van der Waals surface area contributed by atoms with E-state index in [1.165, 1.54) is 70.7 Å². The predicted molar refractivity (Wildman–Crippen MR) is 192 cm³/mol. The van der Waals surface area contributed by atoms with Gasteiger partial charge < -0.3 is 0 Å². The molecule has 5 heteroatoms. The molecule has 0 saturated carbocycles. The first-order valence-electron chi connectivity index (χ1n) is 15.7. The van der Waals surface area contributed by atoms with E-state index in [0.29, 0.717) is 0 Å². The van der Waals surface area contributed by atoms with Crippen LogP contribution in [0.4, 0.5) is 0 Å². The van der Waals surface area contributed by atoms with Gasteiger partial charge in [-0.1, -0.05) is 162 Å². The predicted octanol–water partition coefficient (Wildman–Crippen LogP) is 8.49. The summed E-state index contributed by atoms with van der Waals surface area (Å²) in [5.74, 6) is 0.788. The van der Waals surface area contributed by atoms with E-state index in [2.05, 4.69) is 140 Å². The molecular formula is C41H25BN2S2. The Balaban J connectivity index is 1.03. The molecule has 0 spiro atoms. The van der Waals surface area contributed by atoms with Crippen LogP contribution in [0.25, 0.3) is 44.8 Å². The van der Waals surface area contributed by atoms with Crippen molar-refractivity contribution in [3.63, 3.8) is 0 Å². The van der Waals surface area contributed by atoms with Gasteiger partial charge in [-0.3, -0.25) is 0 Å². The molecule has 3 heterocycles. The fraction of sp³-hybridized carbons (Fsp3) is 0.0244. The quantitative estimate of drug-likeness (QED) is 0.146. The lowest BCUT2D eigenvalue weighted by molar-refractivity contribution is 0.998. The fourth-order valence-corrected chi connectivity index (χ4v) is 9.76. The highest BCUT2D eigenvalue weighted by Crippen LogP contribution is 2.45. The van der Waals surface area contributed by atoms with E-state index in [1.807, 2.05) is 0 Å². The maximum Gasteiger partial charge on any atom is 0.251 e. The Labute approximate surface area is 277 Å². The van der Waals surface area contributed by atoms with Gasteiger partial charge in [-0.05, 0) is 68.5 Å². The minimum absolute atomic E-state index is 0.169. The molecule has 6 aromatic carbocycles. The number of hydrogen-bond acceptors (Lipinski definition) is 4. The van der Waals surface area contributed by atoms with E-state index >= 15 is 0 Å². The van der Waals surface area contributed by atoms with Crippen LogP contribution >= 0.6 is 23.5 Å². The van der Waals surface area contributed by atoms with Crippen LogP contribution in [-0.2, 0) is 6.42 Å².